The molecule has 5 nitrogen and oxygen atoms in total. The maximum Gasteiger partial charge on any atom is 0.335 e. The normalized spacial score (nSPS) is 21.0. The van der Waals surface area contributed by atoms with Gasteiger partial charge in [0.05, 0.1) is 17.5 Å². The van der Waals surface area contributed by atoms with Gasteiger partial charge in [-0.2, -0.15) is 5.10 Å². The van der Waals surface area contributed by atoms with Crippen LogP contribution in [-0.4, -0.2) is 28.3 Å². The van der Waals surface area contributed by atoms with E-state index in [1.165, 1.54) is 27.8 Å². The Hall–Kier alpha value is -3.34. The molecule has 3 aromatic rings. The molecule has 0 saturated heterocycles. The van der Waals surface area contributed by atoms with Crippen LogP contribution in [0.3, 0.4) is 0 Å². The molecule has 5 heteroatoms. The third kappa shape index (κ3) is 3.65. The fourth-order valence-corrected chi connectivity index (χ4v) is 5.89. The van der Waals surface area contributed by atoms with E-state index < -0.39 is 5.97 Å². The molecular weight excluding hydrogens is 410 g/mol. The highest BCUT2D eigenvalue weighted by Gasteiger charge is 2.40. The third-order valence-corrected chi connectivity index (χ3v) is 7.60. The molecule has 1 heterocycles. The number of carbonyl (C=O) groups is 1. The van der Waals surface area contributed by atoms with Crippen LogP contribution in [0, 0.1) is 11.3 Å². The highest BCUT2D eigenvalue weighted by atomic mass is 16.4. The number of carboxylic acids is 1. The molecule has 2 aromatic carbocycles. The van der Waals surface area contributed by atoms with E-state index in [4.69, 9.17) is 0 Å². The summed E-state index contributed by atoms with van der Waals surface area (Å²) in [5.74, 6) is -0.203. The van der Waals surface area contributed by atoms with Crippen molar-refractivity contribution in [1.82, 2.24) is 10.2 Å². The van der Waals surface area contributed by atoms with Crippen molar-refractivity contribution in [2.24, 2.45) is 11.3 Å². The standard InChI is InChI=1S/C28H31N3O2/c1-16-19(11-17-5-8-21(29-4)9-6-17)13-24-25(23-12-18(27(32)33)7-10-22(16)23)28(2,3)14-20-15-30-31-26(20)24/h5-10,12,15-16,19,29H,11,13-14H2,1-4H3,(H,30,31)(H,32,33). The molecule has 0 radical (unpaired) electrons. The minimum Gasteiger partial charge on any atom is -0.478 e. The molecule has 2 aliphatic carbocycles. The minimum absolute atomic E-state index is 0.110. The number of nitrogens with one attached hydrogen (secondary N) is 2. The average molecular weight is 442 g/mol. The lowest BCUT2D eigenvalue weighted by Gasteiger charge is -2.35. The third-order valence-electron chi connectivity index (χ3n) is 7.60. The summed E-state index contributed by atoms with van der Waals surface area (Å²) in [4.78, 5) is 11.9. The number of aromatic carboxylic acids is 1. The van der Waals surface area contributed by atoms with Crippen molar-refractivity contribution < 1.29 is 9.90 Å². The highest BCUT2D eigenvalue weighted by molar-refractivity contribution is 5.98. The molecule has 1 aromatic heterocycles. The molecule has 0 saturated carbocycles. The zero-order valence-electron chi connectivity index (χ0n) is 19.7. The fraction of sp³-hybridized carbons (Fsp3) is 0.357. The van der Waals surface area contributed by atoms with Gasteiger partial charge in [0.1, 0.15) is 0 Å². The smallest absolute Gasteiger partial charge is 0.335 e. The van der Waals surface area contributed by atoms with Gasteiger partial charge in [-0.25, -0.2) is 4.79 Å². The number of carboxylic acid groups (broad SMARTS) is 1. The molecule has 0 amide bonds. The molecule has 2 atom stereocenters. The summed E-state index contributed by atoms with van der Waals surface area (Å²) in [5, 5.41) is 20.6. The Kier molecular flexibility index (Phi) is 5.15. The summed E-state index contributed by atoms with van der Waals surface area (Å²) in [6.45, 7) is 6.85. The van der Waals surface area contributed by atoms with Crippen LogP contribution in [0.1, 0.15) is 71.4 Å². The van der Waals surface area contributed by atoms with Gasteiger partial charge in [0, 0.05) is 12.7 Å². The molecule has 33 heavy (non-hydrogen) atoms. The number of fused-ring (bicyclic) bond motifs is 4. The van der Waals surface area contributed by atoms with Crippen molar-refractivity contribution in [3.8, 4) is 0 Å². The maximum atomic E-state index is 11.9. The number of allylic oxidation sites excluding steroid dienone is 2. The second-order valence-electron chi connectivity index (χ2n) is 10.2. The summed E-state index contributed by atoms with van der Waals surface area (Å²) in [5.41, 5.74) is 9.96. The molecule has 0 fully saturated rings. The molecular formula is C28H31N3O2. The number of benzene rings is 2. The predicted octanol–water partition coefficient (Wildman–Crippen LogP) is 6.01. The maximum absolute atomic E-state index is 11.9. The predicted molar refractivity (Wildman–Crippen MR) is 133 cm³/mol. The van der Waals surface area contributed by atoms with Gasteiger partial charge in [-0.3, -0.25) is 5.10 Å². The summed E-state index contributed by atoms with van der Waals surface area (Å²) in [7, 11) is 1.94. The summed E-state index contributed by atoms with van der Waals surface area (Å²) in [6, 6.07) is 14.4. The van der Waals surface area contributed by atoms with Crippen LogP contribution in [0.25, 0.3) is 11.1 Å². The second-order valence-corrected chi connectivity index (χ2v) is 10.2. The Morgan fingerprint density at radius 1 is 1.21 bits per heavy atom. The number of hydrogen-bond acceptors (Lipinski definition) is 3. The van der Waals surface area contributed by atoms with Crippen molar-refractivity contribution >= 4 is 22.8 Å². The van der Waals surface area contributed by atoms with Crippen molar-refractivity contribution in [3.63, 3.8) is 0 Å². The summed E-state index contributed by atoms with van der Waals surface area (Å²) in [6.07, 6.45) is 4.74. The average Bonchev–Trinajstić information content (AvgIpc) is 3.20. The Bertz CT molecular complexity index is 1250. The van der Waals surface area contributed by atoms with Crippen LogP contribution in [0.5, 0.6) is 0 Å². The zero-order chi connectivity index (χ0) is 23.3. The number of hydrogen-bond donors (Lipinski definition) is 3. The topological polar surface area (TPSA) is 78.0 Å². The van der Waals surface area contributed by atoms with E-state index in [2.05, 4.69) is 66.6 Å². The van der Waals surface area contributed by atoms with Gasteiger partial charge in [0.15, 0.2) is 0 Å². The molecule has 5 rings (SSSR count). The summed E-state index contributed by atoms with van der Waals surface area (Å²) >= 11 is 0. The van der Waals surface area contributed by atoms with Crippen molar-refractivity contribution in [3.05, 3.63) is 82.2 Å². The lowest BCUT2D eigenvalue weighted by Crippen LogP contribution is -2.23. The monoisotopic (exact) mass is 441 g/mol. The van der Waals surface area contributed by atoms with E-state index in [0.717, 1.165) is 36.2 Å². The summed E-state index contributed by atoms with van der Waals surface area (Å²) < 4.78 is 0. The number of H-pyrrole nitrogens is 1. The lowest BCUT2D eigenvalue weighted by molar-refractivity contribution is 0.0696. The van der Waals surface area contributed by atoms with E-state index in [0.29, 0.717) is 17.4 Å². The van der Waals surface area contributed by atoms with Crippen LogP contribution < -0.4 is 5.32 Å². The van der Waals surface area contributed by atoms with Crippen LogP contribution in [0.4, 0.5) is 5.69 Å². The van der Waals surface area contributed by atoms with E-state index in [1.807, 2.05) is 19.3 Å². The first-order valence-corrected chi connectivity index (χ1v) is 11.7. The van der Waals surface area contributed by atoms with E-state index in [9.17, 15) is 9.90 Å². The van der Waals surface area contributed by atoms with Crippen molar-refractivity contribution in [2.75, 3.05) is 12.4 Å². The van der Waals surface area contributed by atoms with E-state index >= 15 is 0 Å². The number of nitrogens with zero attached hydrogens (tertiary/aromatic N) is 1. The van der Waals surface area contributed by atoms with Crippen LogP contribution in [-0.2, 0) is 12.8 Å². The Morgan fingerprint density at radius 2 is 1.97 bits per heavy atom. The molecule has 170 valence electrons. The minimum atomic E-state index is -0.881. The molecule has 0 bridgehead atoms. The van der Waals surface area contributed by atoms with E-state index in [-0.39, 0.29) is 5.41 Å². The second kappa shape index (κ2) is 7.91. The quantitative estimate of drug-likeness (QED) is 0.463. The van der Waals surface area contributed by atoms with Gasteiger partial charge in [0.2, 0.25) is 0 Å². The van der Waals surface area contributed by atoms with Crippen molar-refractivity contribution in [1.29, 1.82) is 0 Å². The Balaban J connectivity index is 1.68. The number of aromatic amines is 1. The van der Waals surface area contributed by atoms with Crippen LogP contribution in [0.2, 0.25) is 0 Å². The van der Waals surface area contributed by atoms with E-state index in [1.54, 1.807) is 6.07 Å². The van der Waals surface area contributed by atoms with Gasteiger partial charge in [0.25, 0.3) is 0 Å². The first-order valence-electron chi connectivity index (χ1n) is 11.7. The van der Waals surface area contributed by atoms with Gasteiger partial charge in [-0.1, -0.05) is 39.0 Å². The Labute approximate surface area is 194 Å². The first-order chi connectivity index (χ1) is 15.8. The van der Waals surface area contributed by atoms with Crippen LogP contribution in [0.15, 0.2) is 48.7 Å². The van der Waals surface area contributed by atoms with Gasteiger partial charge >= 0.3 is 5.97 Å². The number of aromatic nitrogens is 2. The number of anilines is 1. The fourth-order valence-electron chi connectivity index (χ4n) is 5.89. The number of rotatable bonds is 4. The largest absolute Gasteiger partial charge is 0.478 e. The van der Waals surface area contributed by atoms with Gasteiger partial charge < -0.3 is 10.4 Å². The van der Waals surface area contributed by atoms with Gasteiger partial charge in [-0.15, -0.1) is 0 Å². The molecule has 2 unspecified atom stereocenters. The molecule has 0 aliphatic heterocycles. The van der Waals surface area contributed by atoms with Crippen LogP contribution >= 0.6 is 0 Å². The molecule has 3 N–H and O–H groups in total. The lowest BCUT2D eigenvalue weighted by atomic mass is 9.68. The first kappa shape index (κ1) is 21.5. The SMILES string of the molecule is CNc1ccc(CC2CC3=C(c4cc(C(=O)O)ccc4C2C)C(C)(C)Cc2cn[nH]c23)cc1. The van der Waals surface area contributed by atoms with Crippen molar-refractivity contribution in [2.45, 2.75) is 46.0 Å². The molecule has 0 spiro atoms. The molecule has 2 aliphatic rings. The Morgan fingerprint density at radius 3 is 2.67 bits per heavy atom. The highest BCUT2D eigenvalue weighted by Crippen LogP contribution is 2.54. The van der Waals surface area contributed by atoms with Gasteiger partial charge in [-0.05, 0) is 94.2 Å². The zero-order valence-corrected chi connectivity index (χ0v) is 19.7.